The minimum absolute atomic E-state index is 0.189. The molecular weight excluding hydrogens is 247 g/mol. The molecule has 0 aliphatic heterocycles. The monoisotopic (exact) mass is 254 g/mol. The zero-order valence-electron chi connectivity index (χ0n) is 8.15. The Morgan fingerprint density at radius 2 is 1.62 bits per heavy atom. The molecule has 0 aromatic heterocycles. The second-order valence-corrected chi connectivity index (χ2v) is 4.01. The Labute approximate surface area is 103 Å². The first kappa shape index (κ1) is 11.1. The topological polar surface area (TPSA) is 29.5 Å². The van der Waals surface area contributed by atoms with Gasteiger partial charge >= 0.3 is 0 Å². The molecule has 2 aromatic carbocycles. The number of ether oxygens (including phenoxy) is 1. The van der Waals surface area contributed by atoms with E-state index in [1.54, 1.807) is 42.5 Å². The minimum Gasteiger partial charge on any atom is -0.508 e. The van der Waals surface area contributed by atoms with Crippen LogP contribution in [0.1, 0.15) is 0 Å². The first-order chi connectivity index (χ1) is 7.65. The first-order valence-corrected chi connectivity index (χ1v) is 5.33. The van der Waals surface area contributed by atoms with Crippen LogP contribution in [0.25, 0.3) is 0 Å². The Morgan fingerprint density at radius 3 is 2.25 bits per heavy atom. The molecule has 0 radical (unpaired) electrons. The molecular formula is C12H8Cl2O2. The predicted octanol–water partition coefficient (Wildman–Crippen LogP) is 4.49. The van der Waals surface area contributed by atoms with E-state index in [9.17, 15) is 0 Å². The van der Waals surface area contributed by atoms with Crippen molar-refractivity contribution in [3.05, 3.63) is 52.5 Å². The van der Waals surface area contributed by atoms with Crippen LogP contribution in [0.3, 0.4) is 0 Å². The van der Waals surface area contributed by atoms with Gasteiger partial charge in [-0.3, -0.25) is 0 Å². The Balaban J connectivity index is 2.23. The highest BCUT2D eigenvalue weighted by Gasteiger charge is 2.03. The second kappa shape index (κ2) is 4.64. The molecule has 82 valence electrons. The summed E-state index contributed by atoms with van der Waals surface area (Å²) in [5.41, 5.74) is 0. The minimum atomic E-state index is 0.189. The summed E-state index contributed by atoms with van der Waals surface area (Å²) in [5.74, 6) is 1.31. The lowest BCUT2D eigenvalue weighted by molar-refractivity contribution is 0.464. The predicted molar refractivity (Wildman–Crippen MR) is 64.6 cm³/mol. The van der Waals surface area contributed by atoms with Crippen molar-refractivity contribution in [3.63, 3.8) is 0 Å². The van der Waals surface area contributed by atoms with Gasteiger partial charge in [0, 0.05) is 5.02 Å². The third-order valence-electron chi connectivity index (χ3n) is 1.96. The van der Waals surface area contributed by atoms with E-state index in [0.29, 0.717) is 21.5 Å². The maximum absolute atomic E-state index is 9.11. The molecule has 0 saturated carbocycles. The van der Waals surface area contributed by atoms with E-state index < -0.39 is 0 Å². The standard InChI is InChI=1S/C12H8Cl2O2/c13-8-1-6-12(11(14)7-8)16-10-4-2-9(15)3-5-10/h1-7,15H. The van der Waals surface area contributed by atoms with E-state index >= 15 is 0 Å². The lowest BCUT2D eigenvalue weighted by Crippen LogP contribution is -1.84. The first-order valence-electron chi connectivity index (χ1n) is 4.57. The molecule has 2 nitrogen and oxygen atoms in total. The van der Waals surface area contributed by atoms with Crippen LogP contribution in [0.2, 0.25) is 10.0 Å². The van der Waals surface area contributed by atoms with Gasteiger partial charge in [0.1, 0.15) is 17.2 Å². The third-order valence-corrected chi connectivity index (χ3v) is 2.49. The second-order valence-electron chi connectivity index (χ2n) is 3.17. The number of hydrogen-bond donors (Lipinski definition) is 1. The molecule has 0 spiro atoms. The van der Waals surface area contributed by atoms with Crippen molar-refractivity contribution >= 4 is 23.2 Å². The van der Waals surface area contributed by atoms with Crippen LogP contribution in [0.15, 0.2) is 42.5 Å². The molecule has 0 aliphatic carbocycles. The van der Waals surface area contributed by atoms with Crippen molar-refractivity contribution in [2.45, 2.75) is 0 Å². The summed E-state index contributed by atoms with van der Waals surface area (Å²) in [6, 6.07) is 11.4. The van der Waals surface area contributed by atoms with Crippen molar-refractivity contribution in [2.75, 3.05) is 0 Å². The van der Waals surface area contributed by atoms with E-state index in [4.69, 9.17) is 33.0 Å². The largest absolute Gasteiger partial charge is 0.508 e. The fraction of sp³-hybridized carbons (Fsp3) is 0. The molecule has 0 unspecified atom stereocenters. The zero-order chi connectivity index (χ0) is 11.5. The van der Waals surface area contributed by atoms with Crippen LogP contribution in [0.4, 0.5) is 0 Å². The van der Waals surface area contributed by atoms with Gasteiger partial charge in [-0.15, -0.1) is 0 Å². The van der Waals surface area contributed by atoms with Gasteiger partial charge < -0.3 is 9.84 Å². The summed E-state index contributed by atoms with van der Waals surface area (Å²) >= 11 is 11.7. The number of phenolic OH excluding ortho intramolecular Hbond substituents is 1. The molecule has 0 bridgehead atoms. The summed E-state index contributed by atoms with van der Waals surface area (Å²) in [5, 5.41) is 10.1. The van der Waals surface area contributed by atoms with Gasteiger partial charge in [0.25, 0.3) is 0 Å². The van der Waals surface area contributed by atoms with Gasteiger partial charge in [-0.1, -0.05) is 23.2 Å². The van der Waals surface area contributed by atoms with Crippen LogP contribution < -0.4 is 4.74 Å². The van der Waals surface area contributed by atoms with E-state index in [1.165, 1.54) is 0 Å². The molecule has 0 fully saturated rings. The van der Waals surface area contributed by atoms with Crippen LogP contribution in [0, 0.1) is 0 Å². The van der Waals surface area contributed by atoms with Crippen molar-refractivity contribution < 1.29 is 9.84 Å². The number of rotatable bonds is 2. The quantitative estimate of drug-likeness (QED) is 0.856. The molecule has 16 heavy (non-hydrogen) atoms. The Morgan fingerprint density at radius 1 is 0.938 bits per heavy atom. The van der Waals surface area contributed by atoms with Crippen molar-refractivity contribution in [1.82, 2.24) is 0 Å². The molecule has 0 saturated heterocycles. The van der Waals surface area contributed by atoms with E-state index in [1.807, 2.05) is 0 Å². The molecule has 0 atom stereocenters. The third kappa shape index (κ3) is 2.60. The molecule has 0 amide bonds. The summed E-state index contributed by atoms with van der Waals surface area (Å²) in [6.07, 6.45) is 0. The lowest BCUT2D eigenvalue weighted by Gasteiger charge is -2.07. The SMILES string of the molecule is Oc1ccc(Oc2ccc(Cl)cc2Cl)cc1. The maximum Gasteiger partial charge on any atom is 0.146 e. The summed E-state index contributed by atoms with van der Waals surface area (Å²) < 4.78 is 5.52. The maximum atomic E-state index is 9.11. The molecule has 1 N–H and O–H groups in total. The smallest absolute Gasteiger partial charge is 0.146 e. The van der Waals surface area contributed by atoms with Crippen LogP contribution >= 0.6 is 23.2 Å². The van der Waals surface area contributed by atoms with Gasteiger partial charge in [-0.2, -0.15) is 0 Å². The van der Waals surface area contributed by atoms with Crippen molar-refractivity contribution in [2.24, 2.45) is 0 Å². The van der Waals surface area contributed by atoms with Crippen molar-refractivity contribution in [3.8, 4) is 17.2 Å². The molecule has 0 heterocycles. The van der Waals surface area contributed by atoms with Crippen LogP contribution in [-0.4, -0.2) is 5.11 Å². The van der Waals surface area contributed by atoms with Gasteiger partial charge in [0.15, 0.2) is 0 Å². The highest BCUT2D eigenvalue weighted by molar-refractivity contribution is 6.35. The lowest BCUT2D eigenvalue weighted by atomic mass is 10.3. The number of halogens is 2. The fourth-order valence-electron chi connectivity index (χ4n) is 1.20. The number of aromatic hydroxyl groups is 1. The van der Waals surface area contributed by atoms with Crippen molar-refractivity contribution in [1.29, 1.82) is 0 Å². The summed E-state index contributed by atoms with van der Waals surface area (Å²) in [4.78, 5) is 0. The number of hydrogen-bond acceptors (Lipinski definition) is 2. The van der Waals surface area contributed by atoms with Gasteiger partial charge in [0.2, 0.25) is 0 Å². The van der Waals surface area contributed by atoms with Gasteiger partial charge in [0.05, 0.1) is 5.02 Å². The fourth-order valence-corrected chi connectivity index (χ4v) is 1.65. The average molecular weight is 255 g/mol. The molecule has 2 rings (SSSR count). The highest BCUT2D eigenvalue weighted by atomic mass is 35.5. The van der Waals surface area contributed by atoms with Gasteiger partial charge in [-0.25, -0.2) is 0 Å². The summed E-state index contributed by atoms with van der Waals surface area (Å²) in [6.45, 7) is 0. The molecule has 0 aliphatic rings. The Kier molecular flexibility index (Phi) is 3.22. The van der Waals surface area contributed by atoms with Gasteiger partial charge in [-0.05, 0) is 42.5 Å². The van der Waals surface area contributed by atoms with E-state index in [0.717, 1.165) is 0 Å². The molecule has 2 aromatic rings. The number of phenols is 1. The zero-order valence-corrected chi connectivity index (χ0v) is 9.66. The number of benzene rings is 2. The average Bonchev–Trinajstić information content (AvgIpc) is 2.25. The van der Waals surface area contributed by atoms with Crippen LogP contribution in [0.5, 0.6) is 17.2 Å². The van der Waals surface area contributed by atoms with E-state index in [2.05, 4.69) is 0 Å². The Hall–Kier alpha value is -1.38. The molecule has 4 heteroatoms. The summed E-state index contributed by atoms with van der Waals surface area (Å²) in [7, 11) is 0. The Bertz CT molecular complexity index is 495. The van der Waals surface area contributed by atoms with E-state index in [-0.39, 0.29) is 5.75 Å². The van der Waals surface area contributed by atoms with Crippen LogP contribution in [-0.2, 0) is 0 Å². The normalized spacial score (nSPS) is 10.1. The highest BCUT2D eigenvalue weighted by Crippen LogP contribution is 2.31.